The molecule has 0 bridgehead atoms. The number of amides is 1. The number of carbonyl (C=O) groups is 2. The highest BCUT2D eigenvalue weighted by Gasteiger charge is 2.20. The van der Waals surface area contributed by atoms with Crippen LogP contribution in [0.1, 0.15) is 19.8 Å². The third kappa shape index (κ3) is 3.24. The molecule has 19 heavy (non-hydrogen) atoms. The van der Waals surface area contributed by atoms with E-state index in [0.29, 0.717) is 5.69 Å². The van der Waals surface area contributed by atoms with Crippen LogP contribution in [0.3, 0.4) is 0 Å². The average molecular weight is 262 g/mol. The molecule has 0 radical (unpaired) electrons. The Morgan fingerprint density at radius 2 is 1.79 bits per heavy atom. The molecule has 1 aliphatic heterocycles. The molecule has 1 heterocycles. The quantitative estimate of drug-likeness (QED) is 0.814. The topological polar surface area (TPSA) is 69.6 Å². The highest BCUT2D eigenvalue weighted by atomic mass is 16.4. The predicted molar refractivity (Wildman–Crippen MR) is 73.3 cm³/mol. The normalized spacial score (nSPS) is 16.2. The van der Waals surface area contributed by atoms with Gasteiger partial charge in [0.05, 0.1) is 0 Å². The first kappa shape index (κ1) is 13.4. The van der Waals surface area contributed by atoms with Gasteiger partial charge in [-0.05, 0) is 44.0 Å². The number of nitrogens with one attached hydrogen (secondary N) is 1. The van der Waals surface area contributed by atoms with E-state index in [1.165, 1.54) is 19.8 Å². The van der Waals surface area contributed by atoms with Gasteiger partial charge < -0.3 is 15.3 Å². The molecule has 2 N–H and O–H groups in total. The van der Waals surface area contributed by atoms with Gasteiger partial charge in [0.2, 0.25) is 5.91 Å². The van der Waals surface area contributed by atoms with E-state index in [9.17, 15) is 9.59 Å². The van der Waals surface area contributed by atoms with Crippen LogP contribution in [0.25, 0.3) is 0 Å². The van der Waals surface area contributed by atoms with Crippen LogP contribution in [0.2, 0.25) is 0 Å². The van der Waals surface area contributed by atoms with Gasteiger partial charge in [0, 0.05) is 24.5 Å². The Morgan fingerprint density at radius 3 is 2.32 bits per heavy atom. The number of hydrogen-bond donors (Lipinski definition) is 2. The van der Waals surface area contributed by atoms with Crippen molar-refractivity contribution in [3.8, 4) is 0 Å². The number of rotatable bonds is 4. The highest BCUT2D eigenvalue weighted by molar-refractivity contribution is 6.03. The third-order valence-corrected chi connectivity index (χ3v) is 3.37. The summed E-state index contributed by atoms with van der Waals surface area (Å²) in [5.41, 5.74) is 1.77. The van der Waals surface area contributed by atoms with Gasteiger partial charge in [0.1, 0.15) is 5.92 Å². The molecule has 0 aromatic heterocycles. The van der Waals surface area contributed by atoms with Gasteiger partial charge >= 0.3 is 5.97 Å². The third-order valence-electron chi connectivity index (χ3n) is 3.37. The molecule has 0 saturated carbocycles. The minimum atomic E-state index is -1.12. The lowest BCUT2D eigenvalue weighted by Gasteiger charge is -2.18. The van der Waals surface area contributed by atoms with Crippen LogP contribution in [-0.4, -0.2) is 30.1 Å². The van der Waals surface area contributed by atoms with Crippen molar-refractivity contribution in [1.29, 1.82) is 0 Å². The van der Waals surface area contributed by atoms with Crippen molar-refractivity contribution in [2.75, 3.05) is 23.3 Å². The van der Waals surface area contributed by atoms with Crippen LogP contribution in [-0.2, 0) is 9.59 Å². The van der Waals surface area contributed by atoms with Crippen molar-refractivity contribution in [2.45, 2.75) is 19.8 Å². The number of aliphatic carboxylic acids is 1. The van der Waals surface area contributed by atoms with Crippen molar-refractivity contribution in [1.82, 2.24) is 0 Å². The summed E-state index contributed by atoms with van der Waals surface area (Å²) in [7, 11) is 0. The average Bonchev–Trinajstić information content (AvgIpc) is 2.92. The number of benzene rings is 1. The van der Waals surface area contributed by atoms with Crippen LogP contribution in [0.5, 0.6) is 0 Å². The maximum absolute atomic E-state index is 11.6. The summed E-state index contributed by atoms with van der Waals surface area (Å²) in [5, 5.41) is 11.4. The number of carboxylic acids is 1. The zero-order chi connectivity index (χ0) is 13.8. The van der Waals surface area contributed by atoms with E-state index in [4.69, 9.17) is 5.11 Å². The summed E-state index contributed by atoms with van der Waals surface area (Å²) in [5.74, 6) is -2.66. The molecule has 102 valence electrons. The monoisotopic (exact) mass is 262 g/mol. The fourth-order valence-electron chi connectivity index (χ4n) is 2.09. The Morgan fingerprint density at radius 1 is 1.21 bits per heavy atom. The van der Waals surface area contributed by atoms with Crippen molar-refractivity contribution in [3.05, 3.63) is 24.3 Å². The molecule has 1 saturated heterocycles. The van der Waals surface area contributed by atoms with Crippen molar-refractivity contribution in [3.63, 3.8) is 0 Å². The number of carbonyl (C=O) groups excluding carboxylic acids is 1. The molecule has 1 aliphatic rings. The van der Waals surface area contributed by atoms with Crippen LogP contribution in [0.4, 0.5) is 11.4 Å². The molecule has 2 rings (SSSR count). The van der Waals surface area contributed by atoms with Gasteiger partial charge in [0.25, 0.3) is 0 Å². The first-order valence-corrected chi connectivity index (χ1v) is 6.46. The maximum Gasteiger partial charge on any atom is 0.315 e. The van der Waals surface area contributed by atoms with Gasteiger partial charge in [-0.1, -0.05) is 0 Å². The summed E-state index contributed by atoms with van der Waals surface area (Å²) in [6.07, 6.45) is 2.43. The second-order valence-electron chi connectivity index (χ2n) is 4.79. The van der Waals surface area contributed by atoms with Gasteiger partial charge in [-0.25, -0.2) is 0 Å². The number of nitrogens with zero attached hydrogens (tertiary/aromatic N) is 1. The second-order valence-corrected chi connectivity index (χ2v) is 4.79. The Labute approximate surface area is 112 Å². The Hall–Kier alpha value is -2.04. The van der Waals surface area contributed by atoms with Crippen molar-refractivity contribution in [2.24, 2.45) is 5.92 Å². The largest absolute Gasteiger partial charge is 0.481 e. The SMILES string of the molecule is CC(C(=O)O)C(=O)Nc1ccc(N2CCCC2)cc1. The van der Waals surface area contributed by atoms with E-state index in [0.717, 1.165) is 18.8 Å². The summed E-state index contributed by atoms with van der Waals surface area (Å²) in [4.78, 5) is 24.6. The van der Waals surface area contributed by atoms with E-state index in [-0.39, 0.29) is 0 Å². The lowest BCUT2D eigenvalue weighted by Crippen LogP contribution is -2.26. The fourth-order valence-corrected chi connectivity index (χ4v) is 2.09. The Balaban J connectivity index is 1.98. The Bertz CT molecular complexity index is 464. The first-order valence-electron chi connectivity index (χ1n) is 6.46. The summed E-state index contributed by atoms with van der Waals surface area (Å²) in [6, 6.07) is 7.51. The maximum atomic E-state index is 11.6. The van der Waals surface area contributed by atoms with Gasteiger partial charge in [-0.15, -0.1) is 0 Å². The van der Waals surface area contributed by atoms with Gasteiger partial charge in [0.15, 0.2) is 0 Å². The number of anilines is 2. The number of hydrogen-bond acceptors (Lipinski definition) is 3. The molecule has 1 aromatic carbocycles. The lowest BCUT2D eigenvalue weighted by atomic mass is 10.1. The predicted octanol–water partition coefficient (Wildman–Crippen LogP) is 1.95. The Kier molecular flexibility index (Phi) is 4.04. The van der Waals surface area contributed by atoms with Crippen LogP contribution < -0.4 is 10.2 Å². The molecule has 5 heteroatoms. The molecular formula is C14H18N2O3. The number of carboxylic acid groups (broad SMARTS) is 1. The summed E-state index contributed by atoms with van der Waals surface area (Å²) >= 11 is 0. The zero-order valence-corrected chi connectivity index (χ0v) is 10.9. The van der Waals surface area contributed by atoms with E-state index < -0.39 is 17.8 Å². The molecule has 0 spiro atoms. The molecule has 0 aliphatic carbocycles. The second kappa shape index (κ2) is 5.73. The molecule has 1 aromatic rings. The van der Waals surface area contributed by atoms with Gasteiger partial charge in [-0.3, -0.25) is 9.59 Å². The van der Waals surface area contributed by atoms with Crippen LogP contribution in [0, 0.1) is 5.92 Å². The van der Waals surface area contributed by atoms with E-state index in [1.807, 2.05) is 12.1 Å². The van der Waals surface area contributed by atoms with E-state index in [1.54, 1.807) is 12.1 Å². The van der Waals surface area contributed by atoms with Crippen LogP contribution >= 0.6 is 0 Å². The minimum Gasteiger partial charge on any atom is -0.481 e. The molecule has 1 atom stereocenters. The standard InChI is InChI=1S/C14H18N2O3/c1-10(14(18)19)13(17)15-11-4-6-12(7-5-11)16-8-2-3-9-16/h4-7,10H,2-3,8-9H2,1H3,(H,15,17)(H,18,19). The minimum absolute atomic E-state index is 0.499. The van der Waals surface area contributed by atoms with Crippen LogP contribution in [0.15, 0.2) is 24.3 Å². The smallest absolute Gasteiger partial charge is 0.315 e. The van der Waals surface area contributed by atoms with Gasteiger partial charge in [-0.2, -0.15) is 0 Å². The molecule has 1 fully saturated rings. The molecule has 1 unspecified atom stereocenters. The molecular weight excluding hydrogens is 244 g/mol. The summed E-state index contributed by atoms with van der Waals surface area (Å²) in [6.45, 7) is 3.51. The molecule has 1 amide bonds. The fraction of sp³-hybridized carbons (Fsp3) is 0.429. The van der Waals surface area contributed by atoms with E-state index in [2.05, 4.69) is 10.2 Å². The van der Waals surface area contributed by atoms with Crippen molar-refractivity contribution >= 4 is 23.3 Å². The highest BCUT2D eigenvalue weighted by Crippen LogP contribution is 2.22. The lowest BCUT2D eigenvalue weighted by molar-refractivity contribution is -0.144. The molecule has 5 nitrogen and oxygen atoms in total. The van der Waals surface area contributed by atoms with Crippen molar-refractivity contribution < 1.29 is 14.7 Å². The first-order chi connectivity index (χ1) is 9.08. The van der Waals surface area contributed by atoms with E-state index >= 15 is 0 Å². The zero-order valence-electron chi connectivity index (χ0n) is 10.9. The summed E-state index contributed by atoms with van der Waals surface area (Å²) < 4.78 is 0.